The fraction of sp³-hybridized carbons (Fsp3) is 0.353. The second kappa shape index (κ2) is 7.08. The molecular weight excluding hydrogens is 365 g/mol. The summed E-state index contributed by atoms with van der Waals surface area (Å²) in [5.74, 6) is 0.140. The molecule has 0 N–H and O–H groups in total. The molecule has 0 amide bonds. The average Bonchev–Trinajstić information content (AvgIpc) is 3.03. The third-order valence-electron chi connectivity index (χ3n) is 4.02. The highest BCUT2D eigenvalue weighted by atomic mass is 32.2. The topological polar surface area (TPSA) is 86.1 Å². The zero-order valence-corrected chi connectivity index (χ0v) is 15.1. The molecule has 1 atom stereocenters. The van der Waals surface area contributed by atoms with Crippen molar-refractivity contribution in [1.82, 2.24) is 4.31 Å². The van der Waals surface area contributed by atoms with Crippen LogP contribution in [-0.4, -0.2) is 39.0 Å². The van der Waals surface area contributed by atoms with Crippen molar-refractivity contribution in [3.63, 3.8) is 0 Å². The van der Waals surface area contributed by atoms with E-state index >= 15 is 0 Å². The van der Waals surface area contributed by atoms with Crippen LogP contribution in [0.4, 0.5) is 4.39 Å². The molecule has 26 heavy (non-hydrogen) atoms. The summed E-state index contributed by atoms with van der Waals surface area (Å²) in [7, 11) is -2.61. The van der Waals surface area contributed by atoms with E-state index in [2.05, 4.69) is 0 Å². The summed E-state index contributed by atoms with van der Waals surface area (Å²) in [4.78, 5) is 11.2. The molecule has 1 unspecified atom stereocenters. The van der Waals surface area contributed by atoms with E-state index < -0.39 is 27.6 Å². The van der Waals surface area contributed by atoms with Crippen LogP contribution in [-0.2, 0) is 10.0 Å². The second-order valence-corrected chi connectivity index (χ2v) is 7.82. The van der Waals surface area contributed by atoms with Gasteiger partial charge >= 0.3 is 5.63 Å². The molecule has 2 heterocycles. The lowest BCUT2D eigenvalue weighted by Gasteiger charge is -2.19. The highest BCUT2D eigenvalue weighted by Gasteiger charge is 2.35. The Balaban J connectivity index is 1.79. The summed E-state index contributed by atoms with van der Waals surface area (Å²) >= 11 is 0. The number of methoxy groups -OCH3 is 1. The van der Waals surface area contributed by atoms with Gasteiger partial charge in [-0.1, -0.05) is 0 Å². The fourth-order valence-electron chi connectivity index (χ4n) is 2.84. The first-order valence-corrected chi connectivity index (χ1v) is 9.36. The first-order valence-electron chi connectivity index (χ1n) is 7.92. The van der Waals surface area contributed by atoms with Crippen LogP contribution in [0, 0.1) is 12.7 Å². The normalized spacial score (nSPS) is 18.0. The highest BCUT2D eigenvalue weighted by Crippen LogP contribution is 2.30. The molecule has 1 aromatic carbocycles. The van der Waals surface area contributed by atoms with Crippen molar-refractivity contribution in [2.75, 3.05) is 20.2 Å². The van der Waals surface area contributed by atoms with Crippen LogP contribution >= 0.6 is 0 Å². The number of rotatable bonds is 5. The molecule has 0 saturated carbocycles. The Labute approximate surface area is 150 Å². The van der Waals surface area contributed by atoms with E-state index in [1.54, 1.807) is 13.0 Å². The van der Waals surface area contributed by atoms with Gasteiger partial charge in [-0.15, -0.1) is 0 Å². The Morgan fingerprint density at radius 2 is 2.04 bits per heavy atom. The van der Waals surface area contributed by atoms with E-state index in [1.807, 2.05) is 0 Å². The average molecular weight is 383 g/mol. The summed E-state index contributed by atoms with van der Waals surface area (Å²) in [6, 6.07) is 6.12. The number of aryl methyl sites for hydroxylation is 1. The van der Waals surface area contributed by atoms with Crippen LogP contribution in [0.2, 0.25) is 0 Å². The minimum atomic E-state index is -3.94. The standard InChI is InChI=1S/C17H18FNO6S/c1-11-7-14(9-17(20)24-11)25-13-5-6-19(10-13)26(21,22)16-8-12(18)3-4-15(16)23-2/h3-4,7-9,13H,5-6,10H2,1-2H3. The van der Waals surface area contributed by atoms with Crippen LogP contribution in [0.5, 0.6) is 11.5 Å². The van der Waals surface area contributed by atoms with E-state index in [9.17, 15) is 17.6 Å². The Morgan fingerprint density at radius 3 is 2.73 bits per heavy atom. The number of halogens is 1. The van der Waals surface area contributed by atoms with Gasteiger partial charge in [0.05, 0.1) is 19.7 Å². The number of nitrogens with zero attached hydrogens (tertiary/aromatic N) is 1. The summed E-state index contributed by atoms with van der Waals surface area (Å²) < 4.78 is 56.0. The predicted octanol–water partition coefficient (Wildman–Crippen LogP) is 1.94. The van der Waals surface area contributed by atoms with Gasteiger partial charge in [-0.25, -0.2) is 17.6 Å². The molecule has 9 heteroatoms. The van der Waals surface area contributed by atoms with Crippen molar-refractivity contribution in [3.05, 3.63) is 52.3 Å². The van der Waals surface area contributed by atoms with Gasteiger partial charge in [0.2, 0.25) is 10.0 Å². The quantitative estimate of drug-likeness (QED) is 0.784. The molecule has 0 bridgehead atoms. The van der Waals surface area contributed by atoms with Gasteiger partial charge in [-0.2, -0.15) is 4.31 Å². The molecule has 1 saturated heterocycles. The van der Waals surface area contributed by atoms with Crippen molar-refractivity contribution in [2.45, 2.75) is 24.3 Å². The summed E-state index contributed by atoms with van der Waals surface area (Å²) in [6.45, 7) is 1.92. The monoisotopic (exact) mass is 383 g/mol. The van der Waals surface area contributed by atoms with Crippen LogP contribution in [0.3, 0.4) is 0 Å². The van der Waals surface area contributed by atoms with E-state index in [1.165, 1.54) is 23.5 Å². The van der Waals surface area contributed by atoms with E-state index in [0.717, 1.165) is 12.1 Å². The predicted molar refractivity (Wildman–Crippen MR) is 90.5 cm³/mol. The van der Waals surface area contributed by atoms with Gasteiger partial charge in [0.15, 0.2) is 0 Å². The van der Waals surface area contributed by atoms with Crippen LogP contribution in [0.1, 0.15) is 12.2 Å². The van der Waals surface area contributed by atoms with E-state index in [4.69, 9.17) is 13.9 Å². The minimum absolute atomic E-state index is 0.0760. The summed E-state index contributed by atoms with van der Waals surface area (Å²) in [5, 5.41) is 0. The van der Waals surface area contributed by atoms with Gasteiger partial charge in [-0.05, 0) is 31.5 Å². The number of ether oxygens (including phenoxy) is 2. The summed E-state index contributed by atoms with van der Waals surface area (Å²) in [6.07, 6.45) is 0.0152. The fourth-order valence-corrected chi connectivity index (χ4v) is 4.49. The molecule has 0 radical (unpaired) electrons. The lowest BCUT2D eigenvalue weighted by atomic mass is 10.3. The molecule has 0 spiro atoms. The Morgan fingerprint density at radius 1 is 1.27 bits per heavy atom. The number of hydrogen-bond donors (Lipinski definition) is 0. The van der Waals surface area contributed by atoms with Crippen molar-refractivity contribution in [1.29, 1.82) is 0 Å². The van der Waals surface area contributed by atoms with Gasteiger partial charge < -0.3 is 13.9 Å². The molecular formula is C17H18FNO6S. The Hall–Kier alpha value is -2.39. The van der Waals surface area contributed by atoms with Crippen LogP contribution in [0.25, 0.3) is 0 Å². The first-order chi connectivity index (χ1) is 12.3. The second-order valence-electron chi connectivity index (χ2n) is 5.91. The Kier molecular flexibility index (Phi) is 5.01. The van der Waals surface area contributed by atoms with Crippen molar-refractivity contribution < 1.29 is 26.7 Å². The maximum atomic E-state index is 13.5. The minimum Gasteiger partial charge on any atom is -0.495 e. The SMILES string of the molecule is COc1ccc(F)cc1S(=O)(=O)N1CCC(Oc2cc(C)oc(=O)c2)C1. The molecule has 3 rings (SSSR count). The van der Waals surface area contributed by atoms with Crippen LogP contribution in [0.15, 0.2) is 44.4 Å². The molecule has 7 nitrogen and oxygen atoms in total. The van der Waals surface area contributed by atoms with Gasteiger partial charge in [0, 0.05) is 12.6 Å². The third-order valence-corrected chi connectivity index (χ3v) is 5.91. The zero-order chi connectivity index (χ0) is 18.9. The van der Waals surface area contributed by atoms with E-state index in [0.29, 0.717) is 17.9 Å². The summed E-state index contributed by atoms with van der Waals surface area (Å²) in [5.41, 5.74) is -0.535. The van der Waals surface area contributed by atoms with Crippen LogP contribution < -0.4 is 15.1 Å². The molecule has 1 fully saturated rings. The first kappa shape index (κ1) is 18.4. The number of sulfonamides is 1. The highest BCUT2D eigenvalue weighted by molar-refractivity contribution is 7.89. The Bertz CT molecular complexity index is 971. The lowest BCUT2D eigenvalue weighted by molar-refractivity contribution is 0.213. The van der Waals surface area contributed by atoms with Gasteiger partial charge in [-0.3, -0.25) is 0 Å². The zero-order valence-electron chi connectivity index (χ0n) is 14.3. The maximum absolute atomic E-state index is 13.5. The largest absolute Gasteiger partial charge is 0.495 e. The maximum Gasteiger partial charge on any atom is 0.339 e. The van der Waals surface area contributed by atoms with Gasteiger partial charge in [0.1, 0.15) is 34.1 Å². The van der Waals surface area contributed by atoms with Crippen molar-refractivity contribution >= 4 is 10.0 Å². The molecule has 1 aliphatic rings. The van der Waals surface area contributed by atoms with E-state index in [-0.39, 0.29) is 23.7 Å². The van der Waals surface area contributed by atoms with Gasteiger partial charge in [0.25, 0.3) is 0 Å². The molecule has 1 aliphatic heterocycles. The molecule has 1 aromatic heterocycles. The number of hydrogen-bond acceptors (Lipinski definition) is 6. The molecule has 0 aliphatic carbocycles. The van der Waals surface area contributed by atoms with Crippen molar-refractivity contribution in [3.8, 4) is 11.5 Å². The molecule has 2 aromatic rings. The lowest BCUT2D eigenvalue weighted by Crippen LogP contribution is -2.31. The molecule has 140 valence electrons. The number of benzene rings is 1. The smallest absolute Gasteiger partial charge is 0.339 e. The van der Waals surface area contributed by atoms with Crippen molar-refractivity contribution in [2.24, 2.45) is 0 Å². The third kappa shape index (κ3) is 3.73.